The van der Waals surface area contributed by atoms with Crippen LogP contribution in [0.4, 0.5) is 0 Å². The van der Waals surface area contributed by atoms with Gasteiger partial charge in [0.2, 0.25) is 0 Å². The number of aliphatic hydroxyl groups is 1. The lowest BCUT2D eigenvalue weighted by Crippen LogP contribution is -2.36. The summed E-state index contributed by atoms with van der Waals surface area (Å²) in [5.74, 6) is 0.395. The van der Waals surface area contributed by atoms with E-state index in [1.807, 2.05) is 0 Å². The summed E-state index contributed by atoms with van der Waals surface area (Å²) in [4.78, 5) is 0. The highest BCUT2D eigenvalue weighted by molar-refractivity contribution is 9.10. The molecule has 2 unspecified atom stereocenters. The minimum atomic E-state index is -0.956. The average Bonchev–Trinajstić information content (AvgIpc) is 2.75. The SMILES string of the molecule is N#CC1(C(O)c2occc2Br)CCCOC1. The van der Waals surface area contributed by atoms with Crippen molar-refractivity contribution in [1.82, 2.24) is 0 Å². The van der Waals surface area contributed by atoms with Gasteiger partial charge in [-0.15, -0.1) is 0 Å². The van der Waals surface area contributed by atoms with Crippen molar-refractivity contribution < 1.29 is 14.3 Å². The molecule has 1 aliphatic rings. The van der Waals surface area contributed by atoms with Gasteiger partial charge in [-0.2, -0.15) is 5.26 Å². The fourth-order valence-corrected chi connectivity index (χ4v) is 2.35. The first-order valence-electron chi connectivity index (χ1n) is 5.09. The number of halogens is 1. The number of furan rings is 1. The molecule has 0 aliphatic carbocycles. The lowest BCUT2D eigenvalue weighted by Gasteiger charge is -2.33. The Hall–Kier alpha value is -0.830. The zero-order valence-electron chi connectivity index (χ0n) is 8.65. The highest BCUT2D eigenvalue weighted by Gasteiger charge is 2.43. The van der Waals surface area contributed by atoms with Gasteiger partial charge >= 0.3 is 0 Å². The van der Waals surface area contributed by atoms with Crippen molar-refractivity contribution in [2.75, 3.05) is 13.2 Å². The van der Waals surface area contributed by atoms with Gasteiger partial charge in [0, 0.05) is 6.61 Å². The lowest BCUT2D eigenvalue weighted by atomic mass is 9.78. The Morgan fingerprint density at radius 1 is 1.62 bits per heavy atom. The first-order chi connectivity index (χ1) is 7.69. The van der Waals surface area contributed by atoms with Crippen molar-refractivity contribution in [2.45, 2.75) is 18.9 Å². The van der Waals surface area contributed by atoms with Crippen LogP contribution < -0.4 is 0 Å². The summed E-state index contributed by atoms with van der Waals surface area (Å²) >= 11 is 3.28. The van der Waals surface area contributed by atoms with E-state index in [-0.39, 0.29) is 6.61 Å². The van der Waals surface area contributed by atoms with Gasteiger partial charge in [-0.25, -0.2) is 0 Å². The molecule has 0 amide bonds. The van der Waals surface area contributed by atoms with Gasteiger partial charge < -0.3 is 14.3 Å². The first kappa shape index (κ1) is 11.6. The molecule has 2 atom stereocenters. The second-order valence-electron chi connectivity index (χ2n) is 3.96. The van der Waals surface area contributed by atoms with Gasteiger partial charge in [0.15, 0.2) is 0 Å². The molecule has 86 valence electrons. The predicted molar refractivity (Wildman–Crippen MR) is 59.5 cm³/mol. The molecule has 1 aliphatic heterocycles. The fraction of sp³-hybridized carbons (Fsp3) is 0.545. The number of nitrogens with zero attached hydrogens (tertiary/aromatic N) is 1. The molecule has 16 heavy (non-hydrogen) atoms. The van der Waals surface area contributed by atoms with Crippen LogP contribution in [-0.2, 0) is 4.74 Å². The first-order valence-corrected chi connectivity index (χ1v) is 5.89. The second-order valence-corrected chi connectivity index (χ2v) is 4.81. The second kappa shape index (κ2) is 4.58. The van der Waals surface area contributed by atoms with Gasteiger partial charge in [0.1, 0.15) is 17.3 Å². The molecule has 0 saturated carbocycles. The van der Waals surface area contributed by atoms with E-state index in [4.69, 9.17) is 9.15 Å². The molecule has 1 fully saturated rings. The van der Waals surface area contributed by atoms with Crippen LogP contribution in [0.25, 0.3) is 0 Å². The Bertz CT molecular complexity index is 404. The smallest absolute Gasteiger partial charge is 0.148 e. The number of hydrogen-bond donors (Lipinski definition) is 1. The van der Waals surface area contributed by atoms with Gasteiger partial charge in [-0.05, 0) is 34.8 Å². The maximum atomic E-state index is 10.2. The summed E-state index contributed by atoms with van der Waals surface area (Å²) in [7, 11) is 0. The van der Waals surface area contributed by atoms with E-state index in [1.165, 1.54) is 6.26 Å². The molecule has 1 aromatic heterocycles. The molecule has 0 radical (unpaired) electrons. The van der Waals surface area contributed by atoms with Crippen LogP contribution in [0, 0.1) is 16.7 Å². The van der Waals surface area contributed by atoms with Crippen LogP contribution in [0.1, 0.15) is 24.7 Å². The van der Waals surface area contributed by atoms with E-state index in [2.05, 4.69) is 22.0 Å². The number of rotatable bonds is 2. The number of aliphatic hydroxyl groups excluding tert-OH is 1. The summed E-state index contributed by atoms with van der Waals surface area (Å²) in [6, 6.07) is 3.88. The molecule has 5 heteroatoms. The zero-order chi connectivity index (χ0) is 11.6. The molecular weight excluding hydrogens is 274 g/mol. The average molecular weight is 286 g/mol. The normalized spacial score (nSPS) is 27.3. The molecular formula is C11H12BrNO3. The molecule has 0 aromatic carbocycles. The summed E-state index contributed by atoms with van der Waals surface area (Å²) < 4.78 is 11.2. The van der Waals surface area contributed by atoms with E-state index < -0.39 is 11.5 Å². The summed E-state index contributed by atoms with van der Waals surface area (Å²) in [5.41, 5.74) is -0.890. The van der Waals surface area contributed by atoms with E-state index in [0.717, 1.165) is 6.42 Å². The largest absolute Gasteiger partial charge is 0.465 e. The number of hydrogen-bond acceptors (Lipinski definition) is 4. The van der Waals surface area contributed by atoms with Crippen molar-refractivity contribution in [3.8, 4) is 6.07 Å². The van der Waals surface area contributed by atoms with E-state index in [1.54, 1.807) is 6.07 Å². The molecule has 0 bridgehead atoms. The van der Waals surface area contributed by atoms with Crippen molar-refractivity contribution in [1.29, 1.82) is 5.26 Å². The molecule has 1 saturated heterocycles. The zero-order valence-corrected chi connectivity index (χ0v) is 10.2. The van der Waals surface area contributed by atoms with Crippen molar-refractivity contribution >= 4 is 15.9 Å². The van der Waals surface area contributed by atoms with Crippen LogP contribution in [0.3, 0.4) is 0 Å². The summed E-state index contributed by atoms with van der Waals surface area (Å²) in [6.45, 7) is 0.896. The van der Waals surface area contributed by atoms with Crippen LogP contribution in [-0.4, -0.2) is 18.3 Å². The Kier molecular flexibility index (Phi) is 3.33. The van der Waals surface area contributed by atoms with Crippen molar-refractivity contribution in [3.05, 3.63) is 22.6 Å². The molecule has 2 rings (SSSR count). The van der Waals surface area contributed by atoms with E-state index >= 15 is 0 Å². The number of nitriles is 1. The molecule has 0 spiro atoms. The predicted octanol–water partition coefficient (Wildman–Crippen LogP) is 2.40. The fourth-order valence-electron chi connectivity index (χ4n) is 1.93. The maximum Gasteiger partial charge on any atom is 0.148 e. The Balaban J connectivity index is 2.28. The maximum absolute atomic E-state index is 10.2. The molecule has 2 heterocycles. The lowest BCUT2D eigenvalue weighted by molar-refractivity contribution is -0.0583. The molecule has 1 aromatic rings. The highest BCUT2D eigenvalue weighted by Crippen LogP contribution is 2.42. The van der Waals surface area contributed by atoms with E-state index in [9.17, 15) is 10.4 Å². The third kappa shape index (κ3) is 1.88. The Morgan fingerprint density at radius 3 is 2.94 bits per heavy atom. The van der Waals surface area contributed by atoms with Gasteiger partial charge in [-0.1, -0.05) is 0 Å². The third-order valence-electron chi connectivity index (χ3n) is 2.91. The standard InChI is InChI=1S/C11H12BrNO3/c12-8-2-5-16-9(8)10(14)11(6-13)3-1-4-15-7-11/h2,5,10,14H,1,3-4,7H2. The van der Waals surface area contributed by atoms with Gasteiger partial charge in [0.05, 0.1) is 23.4 Å². The minimum Gasteiger partial charge on any atom is -0.465 e. The topological polar surface area (TPSA) is 66.4 Å². The highest BCUT2D eigenvalue weighted by atomic mass is 79.9. The van der Waals surface area contributed by atoms with Crippen molar-refractivity contribution in [3.63, 3.8) is 0 Å². The van der Waals surface area contributed by atoms with Crippen LogP contribution in [0.15, 0.2) is 21.2 Å². The van der Waals surface area contributed by atoms with Crippen LogP contribution in [0.5, 0.6) is 0 Å². The van der Waals surface area contributed by atoms with Crippen molar-refractivity contribution in [2.24, 2.45) is 5.41 Å². The third-order valence-corrected chi connectivity index (χ3v) is 3.57. The van der Waals surface area contributed by atoms with E-state index in [0.29, 0.717) is 23.3 Å². The summed E-state index contributed by atoms with van der Waals surface area (Å²) in [5, 5.41) is 19.5. The monoisotopic (exact) mass is 285 g/mol. The van der Waals surface area contributed by atoms with Gasteiger partial charge in [-0.3, -0.25) is 0 Å². The molecule has 1 N–H and O–H groups in total. The Morgan fingerprint density at radius 2 is 2.44 bits per heavy atom. The van der Waals surface area contributed by atoms with Crippen LogP contribution in [0.2, 0.25) is 0 Å². The number of ether oxygens (including phenoxy) is 1. The van der Waals surface area contributed by atoms with Gasteiger partial charge in [0.25, 0.3) is 0 Å². The molecule has 4 nitrogen and oxygen atoms in total. The quantitative estimate of drug-likeness (QED) is 0.906. The van der Waals surface area contributed by atoms with Crippen LogP contribution >= 0.6 is 15.9 Å². The Labute approximate surface area is 102 Å². The summed E-state index contributed by atoms with van der Waals surface area (Å²) in [6.07, 6.45) is 1.93. The minimum absolute atomic E-state index is 0.248.